The van der Waals surface area contributed by atoms with Gasteiger partial charge in [-0.2, -0.15) is 0 Å². The van der Waals surface area contributed by atoms with Crippen molar-refractivity contribution in [3.05, 3.63) is 45.0 Å². The van der Waals surface area contributed by atoms with Crippen LogP contribution in [0.5, 0.6) is 0 Å². The summed E-state index contributed by atoms with van der Waals surface area (Å²) >= 11 is 2.65. The monoisotopic (exact) mass is 463 g/mol. The Hall–Kier alpha value is -2.46. The zero-order valence-corrected chi connectivity index (χ0v) is 19.3. The number of esters is 1. The third-order valence-electron chi connectivity index (χ3n) is 5.58. The molecule has 0 radical (unpaired) electrons. The van der Waals surface area contributed by atoms with E-state index in [1.54, 1.807) is 0 Å². The minimum atomic E-state index is -0.778. The third kappa shape index (κ3) is 6.04. The predicted octanol–water partition coefficient (Wildman–Crippen LogP) is 4.61. The maximum absolute atomic E-state index is 12.7. The summed E-state index contributed by atoms with van der Waals surface area (Å²) in [6.07, 6.45) is 3.11. The molecule has 1 fully saturated rings. The van der Waals surface area contributed by atoms with E-state index in [-0.39, 0.29) is 23.2 Å². The Balaban J connectivity index is 1.68. The van der Waals surface area contributed by atoms with E-state index in [1.165, 1.54) is 41.3 Å². The summed E-state index contributed by atoms with van der Waals surface area (Å²) in [4.78, 5) is 40.5. The largest absolute Gasteiger partial charge is 0.452 e. The van der Waals surface area contributed by atoms with Crippen LogP contribution < -0.4 is 5.32 Å². The number of carbonyl (C=O) groups is 2. The van der Waals surface area contributed by atoms with Gasteiger partial charge in [0.05, 0.1) is 10.5 Å². The summed E-state index contributed by atoms with van der Waals surface area (Å²) in [5.41, 5.74) is 0.669. The van der Waals surface area contributed by atoms with Crippen molar-refractivity contribution in [2.24, 2.45) is 11.8 Å². The van der Waals surface area contributed by atoms with Crippen LogP contribution in [0.25, 0.3) is 0 Å². The number of ether oxygens (including phenoxy) is 1. The zero-order valence-electron chi connectivity index (χ0n) is 17.6. The lowest BCUT2D eigenvalue weighted by molar-refractivity contribution is -0.384. The first kappa shape index (κ1) is 23.2. The highest BCUT2D eigenvalue weighted by molar-refractivity contribution is 8.01. The molecule has 0 aliphatic heterocycles. The number of nitro groups is 1. The summed E-state index contributed by atoms with van der Waals surface area (Å²) in [6, 6.07) is 4.07. The normalized spacial score (nSPS) is 20.8. The van der Waals surface area contributed by atoms with Gasteiger partial charge in [-0.1, -0.05) is 38.5 Å². The molecule has 0 saturated heterocycles. The molecule has 1 aromatic heterocycles. The molecule has 8 nitrogen and oxygen atoms in total. The maximum atomic E-state index is 12.7. The van der Waals surface area contributed by atoms with E-state index in [0.717, 1.165) is 25.0 Å². The van der Waals surface area contributed by atoms with Gasteiger partial charge in [-0.15, -0.1) is 11.3 Å². The molecular weight excluding hydrogens is 438 g/mol. The van der Waals surface area contributed by atoms with E-state index in [4.69, 9.17) is 4.74 Å². The molecule has 1 N–H and O–H groups in total. The van der Waals surface area contributed by atoms with Crippen LogP contribution in [0.4, 0.5) is 5.69 Å². The van der Waals surface area contributed by atoms with Gasteiger partial charge in [0.1, 0.15) is 0 Å². The molecule has 1 aromatic carbocycles. The highest BCUT2D eigenvalue weighted by atomic mass is 32.2. The quantitative estimate of drug-likeness (QED) is 0.362. The number of nitro benzene ring substituents is 1. The molecule has 3 atom stereocenters. The molecule has 0 bridgehead atoms. The average Bonchev–Trinajstić information content (AvgIpc) is 3.14. The van der Waals surface area contributed by atoms with Crippen LogP contribution >= 0.6 is 23.1 Å². The first-order valence-corrected chi connectivity index (χ1v) is 11.8. The molecule has 2 aromatic rings. The zero-order chi connectivity index (χ0) is 22.5. The summed E-state index contributed by atoms with van der Waals surface area (Å²) in [7, 11) is 0. The van der Waals surface area contributed by atoms with E-state index in [0.29, 0.717) is 21.1 Å². The van der Waals surface area contributed by atoms with Gasteiger partial charge in [0.25, 0.3) is 11.6 Å². The molecule has 3 rings (SSSR count). The van der Waals surface area contributed by atoms with Crippen molar-refractivity contribution in [3.8, 4) is 0 Å². The van der Waals surface area contributed by atoms with Gasteiger partial charge in [0.2, 0.25) is 0 Å². The Morgan fingerprint density at radius 1 is 1.35 bits per heavy atom. The van der Waals surface area contributed by atoms with Crippen LogP contribution in [0.1, 0.15) is 49.2 Å². The van der Waals surface area contributed by atoms with E-state index in [9.17, 15) is 19.7 Å². The van der Waals surface area contributed by atoms with Gasteiger partial charge in [0.15, 0.2) is 10.9 Å². The summed E-state index contributed by atoms with van der Waals surface area (Å²) in [5.74, 6) is -0.260. The number of non-ortho nitro benzene ring substituents is 1. The van der Waals surface area contributed by atoms with Crippen molar-refractivity contribution in [2.45, 2.75) is 55.3 Å². The van der Waals surface area contributed by atoms with Gasteiger partial charge >= 0.3 is 5.97 Å². The second-order valence-electron chi connectivity index (χ2n) is 7.81. The van der Waals surface area contributed by atoms with Crippen molar-refractivity contribution in [2.75, 3.05) is 6.61 Å². The van der Waals surface area contributed by atoms with Crippen molar-refractivity contribution < 1.29 is 19.2 Å². The van der Waals surface area contributed by atoms with Crippen LogP contribution in [0.15, 0.2) is 32.8 Å². The minimum Gasteiger partial charge on any atom is -0.452 e. The van der Waals surface area contributed by atoms with Crippen molar-refractivity contribution >= 4 is 40.7 Å². The molecule has 1 aliphatic rings. The van der Waals surface area contributed by atoms with Crippen molar-refractivity contribution in [1.82, 2.24) is 10.3 Å². The van der Waals surface area contributed by atoms with Gasteiger partial charge in [-0.25, -0.2) is 9.78 Å². The SMILES string of the molecule is Cc1csc(Sc2ccc([N+](=O)[O-])cc2C(=O)OCC(=O)N[C@@H]2CCC[C@@H](C)[C@H]2C)n1. The van der Waals surface area contributed by atoms with E-state index < -0.39 is 17.5 Å². The van der Waals surface area contributed by atoms with Gasteiger partial charge in [0, 0.05) is 34.1 Å². The van der Waals surface area contributed by atoms with Crippen molar-refractivity contribution in [1.29, 1.82) is 0 Å². The van der Waals surface area contributed by atoms with E-state index >= 15 is 0 Å². The first-order valence-electron chi connectivity index (χ1n) is 10.1. The number of benzene rings is 1. The second kappa shape index (κ2) is 10.2. The fourth-order valence-electron chi connectivity index (χ4n) is 3.60. The molecule has 1 amide bonds. The number of hydrogen-bond donors (Lipinski definition) is 1. The van der Waals surface area contributed by atoms with Crippen LogP contribution in [-0.4, -0.2) is 34.4 Å². The lowest BCUT2D eigenvalue weighted by atomic mass is 9.78. The Morgan fingerprint density at radius 2 is 2.13 bits per heavy atom. The molecular formula is C21H25N3O5S2. The van der Waals surface area contributed by atoms with E-state index in [1.807, 2.05) is 12.3 Å². The topological polar surface area (TPSA) is 111 Å². The summed E-state index contributed by atoms with van der Waals surface area (Å²) in [5, 5.41) is 16.0. The predicted molar refractivity (Wildman–Crippen MR) is 118 cm³/mol. The molecule has 1 saturated carbocycles. The number of aromatic nitrogens is 1. The molecule has 31 heavy (non-hydrogen) atoms. The third-order valence-corrected chi connectivity index (χ3v) is 7.71. The van der Waals surface area contributed by atoms with Gasteiger partial charge in [-0.3, -0.25) is 14.9 Å². The Kier molecular flexibility index (Phi) is 7.66. The minimum absolute atomic E-state index is 0.0412. The van der Waals surface area contributed by atoms with E-state index in [2.05, 4.69) is 24.1 Å². The van der Waals surface area contributed by atoms with Gasteiger partial charge < -0.3 is 10.1 Å². The van der Waals surface area contributed by atoms with Crippen LogP contribution in [0, 0.1) is 28.9 Å². The average molecular weight is 464 g/mol. The lowest BCUT2D eigenvalue weighted by Gasteiger charge is -2.34. The number of aryl methyl sites for hydroxylation is 1. The van der Waals surface area contributed by atoms with Crippen LogP contribution in [0.3, 0.4) is 0 Å². The molecule has 1 aliphatic carbocycles. The smallest absolute Gasteiger partial charge is 0.340 e. The Bertz CT molecular complexity index is 978. The molecule has 166 valence electrons. The highest BCUT2D eigenvalue weighted by Crippen LogP contribution is 2.35. The fraction of sp³-hybridized carbons (Fsp3) is 0.476. The van der Waals surface area contributed by atoms with Crippen molar-refractivity contribution in [3.63, 3.8) is 0 Å². The summed E-state index contributed by atoms with van der Waals surface area (Å²) < 4.78 is 5.91. The number of carbonyl (C=O) groups excluding carboxylic acids is 2. The number of rotatable bonds is 7. The molecule has 1 heterocycles. The molecule has 10 heteroatoms. The number of nitrogens with one attached hydrogen (secondary N) is 1. The second-order valence-corrected chi connectivity index (χ2v) is 9.96. The highest BCUT2D eigenvalue weighted by Gasteiger charge is 2.28. The number of hydrogen-bond acceptors (Lipinski definition) is 8. The Labute approximate surface area is 188 Å². The number of amides is 1. The van der Waals surface area contributed by atoms with Crippen LogP contribution in [-0.2, 0) is 9.53 Å². The molecule has 0 spiro atoms. The van der Waals surface area contributed by atoms with Crippen LogP contribution in [0.2, 0.25) is 0 Å². The standard InChI is InChI=1S/C21H25N3O5S2/c1-12-5-4-6-17(14(12)3)23-19(25)10-29-20(26)16-9-15(24(27)28)7-8-18(16)31-21-22-13(2)11-30-21/h7-9,11-12,14,17H,4-6,10H2,1-3H3,(H,23,25)/t12-,14-,17-/m1/s1. The fourth-order valence-corrected chi connectivity index (χ4v) is 5.49. The number of nitrogens with zero attached hydrogens (tertiary/aromatic N) is 2. The maximum Gasteiger partial charge on any atom is 0.340 e. The van der Waals surface area contributed by atoms with Gasteiger partial charge in [-0.05, 0) is 31.2 Å². The first-order chi connectivity index (χ1) is 14.7. The summed E-state index contributed by atoms with van der Waals surface area (Å²) in [6.45, 7) is 5.72. The Morgan fingerprint density at radius 3 is 2.81 bits per heavy atom. The lowest BCUT2D eigenvalue weighted by Crippen LogP contribution is -2.45. The number of thiazole rings is 1. The molecule has 0 unspecified atom stereocenters.